The molecule has 0 amide bonds. The van der Waals surface area contributed by atoms with E-state index in [1.807, 2.05) is 5.01 Å². The van der Waals surface area contributed by atoms with Gasteiger partial charge in [0.1, 0.15) is 5.75 Å². The van der Waals surface area contributed by atoms with Gasteiger partial charge in [-0.2, -0.15) is 0 Å². The lowest BCUT2D eigenvalue weighted by atomic mass is 10.2. The molecule has 0 bridgehead atoms. The van der Waals surface area contributed by atoms with E-state index < -0.39 is 6.36 Å². The Morgan fingerprint density at radius 2 is 2.00 bits per heavy atom. The smallest absolute Gasteiger partial charge is 0.405 e. The second kappa shape index (κ2) is 6.75. The summed E-state index contributed by atoms with van der Waals surface area (Å²) in [6, 6.07) is 4.50. The molecule has 1 fully saturated rings. The molecule has 0 unspecified atom stereocenters. The number of morpholine rings is 1. The molecular weight excluding hydrogens is 341 g/mol. The summed E-state index contributed by atoms with van der Waals surface area (Å²) in [5, 5.41) is 2.03. The zero-order valence-electron chi connectivity index (χ0n) is 10.5. The van der Waals surface area contributed by atoms with Crippen LogP contribution in [0.5, 0.6) is 5.75 Å². The van der Waals surface area contributed by atoms with E-state index in [-0.39, 0.29) is 10.2 Å². The van der Waals surface area contributed by atoms with Gasteiger partial charge in [-0.1, -0.05) is 6.07 Å². The maximum atomic E-state index is 12.1. The monoisotopic (exact) mass is 354 g/mol. The fraction of sp³-hybridized carbons (Fsp3) is 0.500. The van der Waals surface area contributed by atoms with E-state index in [1.165, 1.54) is 6.07 Å². The lowest BCUT2D eigenvalue weighted by molar-refractivity contribution is -0.274. The highest BCUT2D eigenvalue weighted by Crippen LogP contribution is 2.31. The minimum absolute atomic E-state index is 0.243. The Balaban J connectivity index is 1.91. The van der Waals surface area contributed by atoms with Crippen molar-refractivity contribution in [3.05, 3.63) is 28.2 Å². The van der Waals surface area contributed by atoms with Gasteiger partial charge in [0.15, 0.2) is 0 Å². The van der Waals surface area contributed by atoms with E-state index in [9.17, 15) is 13.2 Å². The van der Waals surface area contributed by atoms with Gasteiger partial charge in [0.05, 0.1) is 17.7 Å². The summed E-state index contributed by atoms with van der Waals surface area (Å²) in [6.45, 7) is 3.46. The highest BCUT2D eigenvalue weighted by molar-refractivity contribution is 9.10. The molecule has 0 aliphatic carbocycles. The second-order valence-electron chi connectivity index (χ2n) is 4.25. The van der Waals surface area contributed by atoms with Crippen LogP contribution in [0.1, 0.15) is 5.56 Å². The van der Waals surface area contributed by atoms with Crippen LogP contribution >= 0.6 is 15.9 Å². The van der Waals surface area contributed by atoms with Crippen LogP contribution < -0.4 is 10.2 Å². The SMILES string of the molecule is FC(F)(F)Oc1ccc(CNN2CCOCC2)cc1Br. The van der Waals surface area contributed by atoms with E-state index in [2.05, 4.69) is 26.1 Å². The molecule has 0 saturated carbocycles. The van der Waals surface area contributed by atoms with Crippen molar-refractivity contribution in [2.75, 3.05) is 26.3 Å². The Morgan fingerprint density at radius 1 is 1.30 bits per heavy atom. The molecule has 0 aromatic heterocycles. The van der Waals surface area contributed by atoms with Crippen molar-refractivity contribution in [2.45, 2.75) is 12.9 Å². The summed E-state index contributed by atoms with van der Waals surface area (Å²) >= 11 is 3.08. The van der Waals surface area contributed by atoms with Crippen LogP contribution in [0, 0.1) is 0 Å². The minimum Gasteiger partial charge on any atom is -0.405 e. The standard InChI is InChI=1S/C12H14BrF3N2O2/c13-10-7-9(1-2-11(10)20-12(14,15)16)8-17-18-3-5-19-6-4-18/h1-2,7,17H,3-6,8H2. The minimum atomic E-state index is -4.68. The summed E-state index contributed by atoms with van der Waals surface area (Å²) in [4.78, 5) is 0. The quantitative estimate of drug-likeness (QED) is 0.901. The van der Waals surface area contributed by atoms with Crippen LogP contribution in [0.4, 0.5) is 13.2 Å². The van der Waals surface area contributed by atoms with E-state index >= 15 is 0 Å². The molecule has 0 radical (unpaired) electrons. The number of rotatable bonds is 4. The van der Waals surface area contributed by atoms with E-state index in [1.54, 1.807) is 12.1 Å². The number of hydrazine groups is 1. The average molecular weight is 355 g/mol. The first kappa shape index (κ1) is 15.6. The molecule has 1 saturated heterocycles. The second-order valence-corrected chi connectivity index (χ2v) is 5.10. The number of halogens is 4. The van der Waals surface area contributed by atoms with Gasteiger partial charge in [-0.05, 0) is 33.6 Å². The summed E-state index contributed by atoms with van der Waals surface area (Å²) < 4.78 is 45.8. The number of ether oxygens (including phenoxy) is 2. The fourth-order valence-electron chi connectivity index (χ4n) is 1.79. The maximum absolute atomic E-state index is 12.1. The van der Waals surface area contributed by atoms with Crippen molar-refractivity contribution in [3.63, 3.8) is 0 Å². The normalized spacial score (nSPS) is 17.2. The Kier molecular flexibility index (Phi) is 5.25. The molecule has 2 rings (SSSR count). The summed E-state index contributed by atoms with van der Waals surface area (Å²) in [6.07, 6.45) is -4.68. The van der Waals surface area contributed by atoms with E-state index in [4.69, 9.17) is 4.74 Å². The topological polar surface area (TPSA) is 33.7 Å². The molecule has 1 aliphatic heterocycles. The lowest BCUT2D eigenvalue weighted by Gasteiger charge is -2.27. The van der Waals surface area contributed by atoms with Gasteiger partial charge in [0, 0.05) is 19.6 Å². The number of nitrogens with one attached hydrogen (secondary N) is 1. The average Bonchev–Trinajstić information content (AvgIpc) is 2.39. The van der Waals surface area contributed by atoms with Gasteiger partial charge in [-0.15, -0.1) is 13.2 Å². The predicted octanol–water partition coefficient (Wildman–Crippen LogP) is 2.68. The molecule has 20 heavy (non-hydrogen) atoms. The Morgan fingerprint density at radius 3 is 2.60 bits per heavy atom. The summed E-state index contributed by atoms with van der Waals surface area (Å²) in [5.41, 5.74) is 4.06. The molecule has 4 nitrogen and oxygen atoms in total. The Bertz CT molecular complexity index is 451. The molecule has 1 aromatic rings. The van der Waals surface area contributed by atoms with Crippen molar-refractivity contribution in [1.29, 1.82) is 0 Å². The molecule has 1 heterocycles. The zero-order valence-corrected chi connectivity index (χ0v) is 12.1. The maximum Gasteiger partial charge on any atom is 0.573 e. The Labute approximate surface area is 122 Å². The van der Waals surface area contributed by atoms with Crippen molar-refractivity contribution >= 4 is 15.9 Å². The lowest BCUT2D eigenvalue weighted by Crippen LogP contribution is -2.45. The first-order valence-electron chi connectivity index (χ1n) is 6.04. The van der Waals surface area contributed by atoms with E-state index in [0.717, 1.165) is 18.7 Å². The number of hydrogen-bond donors (Lipinski definition) is 1. The van der Waals surface area contributed by atoms with Crippen LogP contribution in [0.15, 0.2) is 22.7 Å². The fourth-order valence-corrected chi connectivity index (χ4v) is 2.29. The van der Waals surface area contributed by atoms with Gasteiger partial charge >= 0.3 is 6.36 Å². The number of alkyl halides is 3. The number of hydrogen-bond acceptors (Lipinski definition) is 4. The zero-order chi connectivity index (χ0) is 14.6. The molecule has 1 N–H and O–H groups in total. The Hall–Kier alpha value is -0.830. The molecule has 8 heteroatoms. The molecule has 112 valence electrons. The molecular formula is C12H14BrF3N2O2. The van der Waals surface area contributed by atoms with Gasteiger partial charge < -0.3 is 9.47 Å². The van der Waals surface area contributed by atoms with E-state index in [0.29, 0.717) is 19.8 Å². The van der Waals surface area contributed by atoms with Crippen LogP contribution in [0.3, 0.4) is 0 Å². The summed E-state index contributed by atoms with van der Waals surface area (Å²) in [5.74, 6) is -0.243. The third-order valence-electron chi connectivity index (χ3n) is 2.74. The van der Waals surface area contributed by atoms with Gasteiger partial charge in [-0.3, -0.25) is 5.43 Å². The van der Waals surface area contributed by atoms with Crippen molar-refractivity contribution < 1.29 is 22.6 Å². The number of benzene rings is 1. The van der Waals surface area contributed by atoms with Crippen molar-refractivity contribution in [3.8, 4) is 5.75 Å². The van der Waals surface area contributed by atoms with Crippen LogP contribution in [-0.4, -0.2) is 37.7 Å². The van der Waals surface area contributed by atoms with Crippen molar-refractivity contribution in [1.82, 2.24) is 10.4 Å². The predicted molar refractivity (Wildman–Crippen MR) is 70.1 cm³/mol. The van der Waals surface area contributed by atoms with Gasteiger partial charge in [0.2, 0.25) is 0 Å². The summed E-state index contributed by atoms with van der Waals surface area (Å²) in [7, 11) is 0. The molecule has 1 aromatic carbocycles. The third kappa shape index (κ3) is 4.93. The van der Waals surface area contributed by atoms with Gasteiger partial charge in [-0.25, -0.2) is 5.01 Å². The first-order chi connectivity index (χ1) is 9.44. The molecule has 0 atom stereocenters. The molecule has 1 aliphatic rings. The molecule has 0 spiro atoms. The van der Waals surface area contributed by atoms with Crippen LogP contribution in [0.25, 0.3) is 0 Å². The third-order valence-corrected chi connectivity index (χ3v) is 3.36. The highest BCUT2D eigenvalue weighted by atomic mass is 79.9. The van der Waals surface area contributed by atoms with Crippen molar-refractivity contribution in [2.24, 2.45) is 0 Å². The van der Waals surface area contributed by atoms with Crippen LogP contribution in [-0.2, 0) is 11.3 Å². The largest absolute Gasteiger partial charge is 0.573 e. The number of nitrogens with zero attached hydrogens (tertiary/aromatic N) is 1. The van der Waals surface area contributed by atoms with Crippen LogP contribution in [0.2, 0.25) is 0 Å². The first-order valence-corrected chi connectivity index (χ1v) is 6.84. The van der Waals surface area contributed by atoms with Gasteiger partial charge in [0.25, 0.3) is 0 Å². The highest BCUT2D eigenvalue weighted by Gasteiger charge is 2.31.